The minimum Gasteiger partial charge on any atom is -0.313 e. The van der Waals surface area contributed by atoms with E-state index in [4.69, 9.17) is 0 Å². The predicted molar refractivity (Wildman–Crippen MR) is 82.6 cm³/mol. The first-order chi connectivity index (χ1) is 8.66. The average molecular weight is 280 g/mol. The minimum atomic E-state index is 0.584. The van der Waals surface area contributed by atoms with E-state index >= 15 is 0 Å². The van der Waals surface area contributed by atoms with Gasteiger partial charge in [-0.3, -0.25) is 0 Å². The molecule has 1 heterocycles. The monoisotopic (exact) mass is 280 g/mol. The molecule has 0 aliphatic heterocycles. The zero-order chi connectivity index (χ0) is 13.0. The van der Waals surface area contributed by atoms with Crippen molar-refractivity contribution < 1.29 is 0 Å². The Labute approximate surface area is 117 Å². The number of thiazole rings is 1. The minimum absolute atomic E-state index is 0.584. The lowest BCUT2D eigenvalue weighted by Gasteiger charge is -2.16. The molecule has 1 aromatic heterocycles. The highest BCUT2D eigenvalue weighted by molar-refractivity contribution is 8.01. The van der Waals surface area contributed by atoms with E-state index in [1.54, 1.807) is 11.3 Å². The molecule has 0 fully saturated rings. The molecule has 0 amide bonds. The number of nitrogens with one attached hydrogen (secondary N) is 1. The molecule has 1 aromatic carbocycles. The molecule has 1 unspecified atom stereocenters. The van der Waals surface area contributed by atoms with Crippen LogP contribution in [0.1, 0.15) is 20.8 Å². The Morgan fingerprint density at radius 1 is 1.28 bits per heavy atom. The highest BCUT2D eigenvalue weighted by atomic mass is 32.2. The van der Waals surface area contributed by atoms with Crippen LogP contribution in [0.3, 0.4) is 0 Å². The Morgan fingerprint density at radius 2 is 2.06 bits per heavy atom. The van der Waals surface area contributed by atoms with E-state index in [1.165, 1.54) is 9.04 Å². The molecule has 0 saturated carbocycles. The lowest BCUT2D eigenvalue weighted by atomic mass is 10.1. The van der Waals surface area contributed by atoms with Crippen LogP contribution in [-0.4, -0.2) is 23.3 Å². The van der Waals surface area contributed by atoms with Crippen molar-refractivity contribution in [2.24, 2.45) is 5.92 Å². The number of aromatic nitrogens is 1. The number of hydrogen-bond acceptors (Lipinski definition) is 4. The molecule has 2 rings (SSSR count). The molecule has 1 atom stereocenters. The number of benzene rings is 1. The van der Waals surface area contributed by atoms with Gasteiger partial charge < -0.3 is 5.32 Å². The molecule has 2 aromatic rings. The standard InChI is InChI=1S/C14H20N2S2/c1-10(2)11(3)15-8-9-17-14-16-12-6-4-5-7-13(12)18-14/h4-7,10-11,15H,8-9H2,1-3H3. The van der Waals surface area contributed by atoms with Crippen LogP contribution in [0.4, 0.5) is 0 Å². The largest absolute Gasteiger partial charge is 0.313 e. The predicted octanol–water partition coefficient (Wildman–Crippen LogP) is 4.02. The van der Waals surface area contributed by atoms with Gasteiger partial charge >= 0.3 is 0 Å². The zero-order valence-corrected chi connectivity index (χ0v) is 12.8. The fourth-order valence-corrected chi connectivity index (χ4v) is 3.58. The van der Waals surface area contributed by atoms with Crippen molar-refractivity contribution in [3.8, 4) is 0 Å². The number of fused-ring (bicyclic) bond motifs is 1. The van der Waals surface area contributed by atoms with Crippen LogP contribution < -0.4 is 5.32 Å². The van der Waals surface area contributed by atoms with Crippen LogP contribution in [0.2, 0.25) is 0 Å². The van der Waals surface area contributed by atoms with Crippen LogP contribution in [0.25, 0.3) is 10.2 Å². The maximum absolute atomic E-state index is 4.62. The number of nitrogens with zero attached hydrogens (tertiary/aromatic N) is 1. The van der Waals surface area contributed by atoms with Gasteiger partial charge in [0.2, 0.25) is 0 Å². The van der Waals surface area contributed by atoms with Gasteiger partial charge in [0.1, 0.15) is 0 Å². The molecule has 2 nitrogen and oxygen atoms in total. The first-order valence-electron chi connectivity index (χ1n) is 6.38. The van der Waals surface area contributed by atoms with E-state index < -0.39 is 0 Å². The molecule has 0 aliphatic rings. The van der Waals surface area contributed by atoms with Crippen LogP contribution in [0.5, 0.6) is 0 Å². The topological polar surface area (TPSA) is 24.9 Å². The Morgan fingerprint density at radius 3 is 2.78 bits per heavy atom. The summed E-state index contributed by atoms with van der Waals surface area (Å²) in [5.74, 6) is 1.77. The molecule has 4 heteroatoms. The van der Waals surface area contributed by atoms with Gasteiger partial charge in [0.05, 0.1) is 10.2 Å². The number of hydrogen-bond donors (Lipinski definition) is 1. The second-order valence-corrected chi connectivity index (χ2v) is 7.16. The van der Waals surface area contributed by atoms with Crippen molar-refractivity contribution >= 4 is 33.3 Å². The Hall–Kier alpha value is -0.580. The molecule has 0 aliphatic carbocycles. The van der Waals surface area contributed by atoms with Gasteiger partial charge in [0.15, 0.2) is 4.34 Å². The SMILES string of the molecule is CC(C)C(C)NCCSc1nc2ccccc2s1. The molecule has 18 heavy (non-hydrogen) atoms. The van der Waals surface area contributed by atoms with Crippen molar-refractivity contribution in [2.45, 2.75) is 31.2 Å². The van der Waals surface area contributed by atoms with Gasteiger partial charge in [-0.1, -0.05) is 37.7 Å². The van der Waals surface area contributed by atoms with Gasteiger partial charge in [-0.05, 0) is 25.0 Å². The van der Waals surface area contributed by atoms with Gasteiger partial charge in [-0.2, -0.15) is 0 Å². The summed E-state index contributed by atoms with van der Waals surface area (Å²) in [6.07, 6.45) is 0. The summed E-state index contributed by atoms with van der Waals surface area (Å²) in [5, 5.41) is 3.54. The third-order valence-electron chi connectivity index (χ3n) is 3.07. The molecular weight excluding hydrogens is 260 g/mol. The van der Waals surface area contributed by atoms with Gasteiger partial charge in [0.25, 0.3) is 0 Å². The van der Waals surface area contributed by atoms with E-state index in [2.05, 4.69) is 49.3 Å². The van der Waals surface area contributed by atoms with E-state index in [1.807, 2.05) is 17.8 Å². The fourth-order valence-electron chi connectivity index (χ4n) is 1.57. The number of para-hydroxylation sites is 1. The van der Waals surface area contributed by atoms with Crippen molar-refractivity contribution in [3.63, 3.8) is 0 Å². The summed E-state index contributed by atoms with van der Waals surface area (Å²) >= 11 is 3.63. The normalized spacial score (nSPS) is 13.3. The Balaban J connectivity index is 1.80. The summed E-state index contributed by atoms with van der Waals surface area (Å²) in [4.78, 5) is 4.62. The summed E-state index contributed by atoms with van der Waals surface area (Å²) in [6, 6.07) is 8.91. The maximum atomic E-state index is 4.62. The molecular formula is C14H20N2S2. The summed E-state index contributed by atoms with van der Waals surface area (Å²) in [7, 11) is 0. The molecule has 0 saturated heterocycles. The van der Waals surface area contributed by atoms with Crippen molar-refractivity contribution in [1.29, 1.82) is 0 Å². The Bertz CT molecular complexity index is 460. The summed E-state index contributed by atoms with van der Waals surface area (Å²) in [6.45, 7) is 7.78. The number of rotatable bonds is 6. The van der Waals surface area contributed by atoms with E-state index in [-0.39, 0.29) is 0 Å². The lowest BCUT2D eigenvalue weighted by molar-refractivity contribution is 0.438. The van der Waals surface area contributed by atoms with Crippen molar-refractivity contribution in [1.82, 2.24) is 10.3 Å². The van der Waals surface area contributed by atoms with E-state index in [9.17, 15) is 0 Å². The third kappa shape index (κ3) is 3.70. The molecule has 1 N–H and O–H groups in total. The first kappa shape index (κ1) is 13.8. The quantitative estimate of drug-likeness (QED) is 0.639. The average Bonchev–Trinajstić information content (AvgIpc) is 2.76. The van der Waals surface area contributed by atoms with Gasteiger partial charge in [-0.25, -0.2) is 4.98 Å². The van der Waals surface area contributed by atoms with Crippen molar-refractivity contribution in [3.05, 3.63) is 24.3 Å². The maximum Gasteiger partial charge on any atom is 0.151 e. The summed E-state index contributed by atoms with van der Waals surface area (Å²) in [5.41, 5.74) is 1.12. The summed E-state index contributed by atoms with van der Waals surface area (Å²) < 4.78 is 2.46. The van der Waals surface area contributed by atoms with E-state index in [0.717, 1.165) is 17.8 Å². The van der Waals surface area contributed by atoms with Crippen molar-refractivity contribution in [2.75, 3.05) is 12.3 Å². The molecule has 0 radical (unpaired) electrons. The highest BCUT2D eigenvalue weighted by Gasteiger charge is 2.06. The van der Waals surface area contributed by atoms with Crippen LogP contribution >= 0.6 is 23.1 Å². The molecule has 98 valence electrons. The molecule has 0 spiro atoms. The highest BCUT2D eigenvalue weighted by Crippen LogP contribution is 2.28. The second-order valence-electron chi connectivity index (χ2n) is 4.78. The lowest BCUT2D eigenvalue weighted by Crippen LogP contribution is -2.32. The van der Waals surface area contributed by atoms with Crippen LogP contribution in [0.15, 0.2) is 28.6 Å². The number of thioether (sulfide) groups is 1. The zero-order valence-electron chi connectivity index (χ0n) is 11.1. The van der Waals surface area contributed by atoms with Gasteiger partial charge in [-0.15, -0.1) is 11.3 Å². The van der Waals surface area contributed by atoms with Crippen LogP contribution in [-0.2, 0) is 0 Å². The fraction of sp³-hybridized carbons (Fsp3) is 0.500. The molecule has 0 bridgehead atoms. The van der Waals surface area contributed by atoms with Crippen LogP contribution in [0, 0.1) is 5.92 Å². The smallest absolute Gasteiger partial charge is 0.151 e. The first-order valence-corrected chi connectivity index (χ1v) is 8.19. The van der Waals surface area contributed by atoms with Gasteiger partial charge in [0, 0.05) is 18.3 Å². The Kier molecular flexibility index (Phi) is 5.03. The van der Waals surface area contributed by atoms with E-state index in [0.29, 0.717) is 12.0 Å². The second kappa shape index (κ2) is 6.55. The third-order valence-corrected chi connectivity index (χ3v) is 5.25.